The van der Waals surface area contributed by atoms with E-state index >= 15 is 0 Å². The molecule has 0 bridgehead atoms. The van der Waals surface area contributed by atoms with Gasteiger partial charge in [-0.05, 0) is 31.5 Å². The molecule has 0 aliphatic heterocycles. The zero-order valence-electron chi connectivity index (χ0n) is 11.6. The molecule has 0 atom stereocenters. The Kier molecular flexibility index (Phi) is 4.43. The Labute approximate surface area is 126 Å². The van der Waals surface area contributed by atoms with Crippen molar-refractivity contribution in [1.29, 1.82) is 0 Å². The number of hydrogen-bond acceptors (Lipinski definition) is 3. The third-order valence-corrected chi connectivity index (χ3v) is 3.46. The van der Waals surface area contributed by atoms with E-state index in [9.17, 15) is 14.5 Å². The molecule has 21 heavy (non-hydrogen) atoms. The first-order chi connectivity index (χ1) is 9.88. The van der Waals surface area contributed by atoms with Crippen LogP contribution < -0.4 is 5.32 Å². The summed E-state index contributed by atoms with van der Waals surface area (Å²) in [5.41, 5.74) is 2.68. The summed E-state index contributed by atoms with van der Waals surface area (Å²) in [5, 5.41) is 13.9. The molecular weight excluding hydrogens is 295 g/mol. The molecule has 0 heterocycles. The summed E-state index contributed by atoms with van der Waals surface area (Å²) in [4.78, 5) is 10.3. The molecule has 0 saturated carbocycles. The molecule has 0 aliphatic rings. The summed E-state index contributed by atoms with van der Waals surface area (Å²) in [7, 11) is 0. The summed E-state index contributed by atoms with van der Waals surface area (Å²) in [6.07, 6.45) is 0. The van der Waals surface area contributed by atoms with Crippen molar-refractivity contribution in [3.05, 3.63) is 68.0 Å². The molecule has 6 heteroatoms. The Morgan fingerprint density at radius 3 is 2.67 bits per heavy atom. The average Bonchev–Trinajstić information content (AvgIpc) is 2.42. The van der Waals surface area contributed by atoms with Crippen LogP contribution in [0.15, 0.2) is 30.3 Å². The summed E-state index contributed by atoms with van der Waals surface area (Å²) in [6, 6.07) is 7.76. The maximum Gasteiger partial charge on any atom is 0.288 e. The molecule has 2 aromatic carbocycles. The van der Waals surface area contributed by atoms with Gasteiger partial charge in [0.15, 0.2) is 0 Å². The van der Waals surface area contributed by atoms with E-state index in [0.29, 0.717) is 16.8 Å². The second-order valence-corrected chi connectivity index (χ2v) is 5.23. The van der Waals surface area contributed by atoms with Gasteiger partial charge in [-0.2, -0.15) is 0 Å². The number of hydrogen-bond donors (Lipinski definition) is 1. The number of nitro groups is 1. The normalized spacial score (nSPS) is 10.5. The number of nitro benzene ring substituents is 1. The molecular formula is C15H14ClFN2O2. The highest BCUT2D eigenvalue weighted by Crippen LogP contribution is 2.30. The van der Waals surface area contributed by atoms with Crippen molar-refractivity contribution in [2.45, 2.75) is 20.4 Å². The van der Waals surface area contributed by atoms with Crippen LogP contribution in [-0.4, -0.2) is 4.92 Å². The molecule has 0 radical (unpaired) electrons. The van der Waals surface area contributed by atoms with E-state index in [-0.39, 0.29) is 23.1 Å². The topological polar surface area (TPSA) is 55.2 Å². The van der Waals surface area contributed by atoms with E-state index in [1.54, 1.807) is 19.1 Å². The van der Waals surface area contributed by atoms with Crippen LogP contribution >= 0.6 is 11.6 Å². The van der Waals surface area contributed by atoms with Crippen molar-refractivity contribution in [3.8, 4) is 0 Å². The molecule has 2 aromatic rings. The third-order valence-electron chi connectivity index (χ3n) is 3.16. The van der Waals surface area contributed by atoms with Gasteiger partial charge in [-0.25, -0.2) is 4.39 Å². The van der Waals surface area contributed by atoms with Gasteiger partial charge in [0, 0.05) is 23.9 Å². The van der Waals surface area contributed by atoms with Crippen molar-refractivity contribution < 1.29 is 9.31 Å². The van der Waals surface area contributed by atoms with Gasteiger partial charge in [-0.3, -0.25) is 10.1 Å². The quantitative estimate of drug-likeness (QED) is 0.662. The second kappa shape index (κ2) is 6.10. The Bertz CT molecular complexity index is 704. The highest BCUT2D eigenvalue weighted by Gasteiger charge is 2.15. The number of aryl methyl sites for hydroxylation is 2. The fraction of sp³-hybridized carbons (Fsp3) is 0.200. The first-order valence-electron chi connectivity index (χ1n) is 6.32. The number of rotatable bonds is 4. The lowest BCUT2D eigenvalue weighted by atomic mass is 10.1. The van der Waals surface area contributed by atoms with E-state index < -0.39 is 4.92 Å². The lowest BCUT2D eigenvalue weighted by molar-refractivity contribution is -0.384. The largest absolute Gasteiger partial charge is 0.381 e. The highest BCUT2D eigenvalue weighted by molar-refractivity contribution is 6.33. The van der Waals surface area contributed by atoms with Crippen LogP contribution in [0.5, 0.6) is 0 Å². The summed E-state index contributed by atoms with van der Waals surface area (Å²) >= 11 is 5.88. The SMILES string of the molecule is Cc1ccc(F)c(CNc2cc(Cl)c([N+](=O)[O-])cc2C)c1. The first-order valence-corrected chi connectivity index (χ1v) is 6.69. The zero-order chi connectivity index (χ0) is 15.6. The van der Waals surface area contributed by atoms with Gasteiger partial charge in [-0.1, -0.05) is 29.3 Å². The Hall–Kier alpha value is -2.14. The van der Waals surface area contributed by atoms with Crippen LogP contribution in [-0.2, 0) is 6.54 Å². The van der Waals surface area contributed by atoms with E-state index in [1.807, 2.05) is 6.92 Å². The Morgan fingerprint density at radius 1 is 1.29 bits per heavy atom. The molecule has 2 rings (SSSR count). The number of benzene rings is 2. The zero-order valence-corrected chi connectivity index (χ0v) is 12.4. The van der Waals surface area contributed by atoms with Crippen molar-refractivity contribution in [3.63, 3.8) is 0 Å². The maximum atomic E-state index is 13.7. The van der Waals surface area contributed by atoms with E-state index in [1.165, 1.54) is 18.2 Å². The Morgan fingerprint density at radius 2 is 2.00 bits per heavy atom. The van der Waals surface area contributed by atoms with Gasteiger partial charge in [0.2, 0.25) is 0 Å². The van der Waals surface area contributed by atoms with Crippen LogP contribution in [0.1, 0.15) is 16.7 Å². The maximum absolute atomic E-state index is 13.7. The minimum Gasteiger partial charge on any atom is -0.381 e. The predicted molar refractivity (Wildman–Crippen MR) is 81.3 cm³/mol. The second-order valence-electron chi connectivity index (χ2n) is 4.82. The van der Waals surface area contributed by atoms with E-state index in [2.05, 4.69) is 5.32 Å². The van der Waals surface area contributed by atoms with Crippen LogP contribution in [0, 0.1) is 29.8 Å². The number of halogens is 2. The number of nitrogens with one attached hydrogen (secondary N) is 1. The average molecular weight is 309 g/mol. The number of anilines is 1. The van der Waals surface area contributed by atoms with Gasteiger partial charge >= 0.3 is 0 Å². The van der Waals surface area contributed by atoms with Crippen molar-refractivity contribution in [2.24, 2.45) is 0 Å². The van der Waals surface area contributed by atoms with Gasteiger partial charge in [0.25, 0.3) is 5.69 Å². The molecule has 0 saturated heterocycles. The predicted octanol–water partition coefficient (Wildman–Crippen LogP) is 4.62. The number of nitrogens with zero attached hydrogens (tertiary/aromatic N) is 1. The van der Waals surface area contributed by atoms with Gasteiger partial charge in [0.1, 0.15) is 10.8 Å². The van der Waals surface area contributed by atoms with Crippen LogP contribution in [0.2, 0.25) is 5.02 Å². The molecule has 1 N–H and O–H groups in total. The first kappa shape index (κ1) is 15.3. The minimum absolute atomic E-state index is 0.0535. The lowest BCUT2D eigenvalue weighted by Gasteiger charge is -2.11. The molecule has 0 fully saturated rings. The monoisotopic (exact) mass is 308 g/mol. The smallest absolute Gasteiger partial charge is 0.288 e. The molecule has 110 valence electrons. The summed E-state index contributed by atoms with van der Waals surface area (Å²) in [6.45, 7) is 3.90. The molecule has 4 nitrogen and oxygen atoms in total. The van der Waals surface area contributed by atoms with Crippen molar-refractivity contribution in [2.75, 3.05) is 5.32 Å². The Balaban J connectivity index is 2.22. The van der Waals surface area contributed by atoms with E-state index in [0.717, 1.165) is 5.56 Å². The summed E-state index contributed by atoms with van der Waals surface area (Å²) < 4.78 is 13.7. The molecule has 0 amide bonds. The molecule has 0 aliphatic carbocycles. The standard InChI is InChI=1S/C15H14ClFN2O2/c1-9-3-4-13(17)11(5-9)8-18-14-7-12(16)15(19(20)21)6-10(14)2/h3-7,18H,8H2,1-2H3. The lowest BCUT2D eigenvalue weighted by Crippen LogP contribution is -2.04. The highest BCUT2D eigenvalue weighted by atomic mass is 35.5. The minimum atomic E-state index is -0.528. The van der Waals surface area contributed by atoms with Gasteiger partial charge in [0.05, 0.1) is 4.92 Å². The van der Waals surface area contributed by atoms with Crippen molar-refractivity contribution >= 4 is 23.0 Å². The van der Waals surface area contributed by atoms with Crippen molar-refractivity contribution in [1.82, 2.24) is 0 Å². The van der Waals surface area contributed by atoms with E-state index in [4.69, 9.17) is 11.6 Å². The fourth-order valence-corrected chi connectivity index (χ4v) is 2.26. The fourth-order valence-electron chi connectivity index (χ4n) is 2.03. The summed E-state index contributed by atoms with van der Waals surface area (Å²) in [5.74, 6) is -0.293. The molecule has 0 spiro atoms. The van der Waals surface area contributed by atoms with Gasteiger partial charge in [-0.15, -0.1) is 0 Å². The van der Waals surface area contributed by atoms with Crippen LogP contribution in [0.3, 0.4) is 0 Å². The van der Waals surface area contributed by atoms with Crippen LogP contribution in [0.25, 0.3) is 0 Å². The molecule has 0 aromatic heterocycles. The third kappa shape index (κ3) is 3.49. The van der Waals surface area contributed by atoms with Gasteiger partial charge < -0.3 is 5.32 Å². The molecule has 0 unspecified atom stereocenters. The van der Waals surface area contributed by atoms with Crippen LogP contribution in [0.4, 0.5) is 15.8 Å².